The number of nitrogens with one attached hydrogen (secondary N) is 2. The molecule has 0 fully saturated rings. The van der Waals surface area contributed by atoms with Crippen LogP contribution < -0.4 is 5.32 Å². The molecule has 0 atom stereocenters. The Morgan fingerprint density at radius 2 is 2.27 bits per heavy atom. The number of rotatable bonds is 2. The van der Waals surface area contributed by atoms with Crippen LogP contribution in [0.15, 0.2) is 29.9 Å². The molecule has 0 saturated carbocycles. The van der Waals surface area contributed by atoms with E-state index in [1.54, 1.807) is 12.4 Å². The highest BCUT2D eigenvalue weighted by molar-refractivity contribution is 7.13. The lowest BCUT2D eigenvalue weighted by atomic mass is 10.4. The van der Waals surface area contributed by atoms with E-state index >= 15 is 0 Å². The second-order valence-corrected chi connectivity index (χ2v) is 3.83. The number of thiazole rings is 1. The van der Waals surface area contributed by atoms with E-state index in [1.165, 1.54) is 11.3 Å². The fourth-order valence-corrected chi connectivity index (χ4v) is 1.85. The molecule has 0 unspecified atom stereocenters. The van der Waals surface area contributed by atoms with Gasteiger partial charge in [0.2, 0.25) is 0 Å². The molecule has 15 heavy (non-hydrogen) atoms. The van der Waals surface area contributed by atoms with Crippen molar-refractivity contribution in [1.82, 2.24) is 20.2 Å². The molecule has 0 saturated heterocycles. The fourth-order valence-electron chi connectivity index (χ4n) is 1.33. The van der Waals surface area contributed by atoms with Gasteiger partial charge in [0.25, 0.3) is 0 Å². The molecule has 5 nitrogen and oxygen atoms in total. The van der Waals surface area contributed by atoms with Crippen LogP contribution in [0.25, 0.3) is 11.0 Å². The quantitative estimate of drug-likeness (QED) is 0.690. The standard InChI is InChI=1S/C9H7N5S/c1-2-6-7(10-3-1)8(14-13-6)12-9-11-4-5-15-9/h1-5H,(H2,11,12,13,14). The van der Waals surface area contributed by atoms with Gasteiger partial charge in [0.05, 0.1) is 5.52 Å². The highest BCUT2D eigenvalue weighted by Crippen LogP contribution is 2.22. The molecular formula is C9H7N5S. The highest BCUT2D eigenvalue weighted by Gasteiger charge is 2.06. The summed E-state index contributed by atoms with van der Waals surface area (Å²) in [6.45, 7) is 0. The maximum Gasteiger partial charge on any atom is 0.188 e. The molecule has 3 rings (SSSR count). The number of aromatic amines is 1. The number of hydrogen-bond acceptors (Lipinski definition) is 5. The van der Waals surface area contributed by atoms with Crippen LogP contribution in [-0.2, 0) is 0 Å². The third kappa shape index (κ3) is 1.44. The van der Waals surface area contributed by atoms with Gasteiger partial charge in [-0.15, -0.1) is 11.3 Å². The molecule has 3 aromatic heterocycles. The zero-order valence-corrected chi connectivity index (χ0v) is 8.45. The first-order valence-corrected chi connectivity index (χ1v) is 5.27. The normalized spacial score (nSPS) is 10.7. The van der Waals surface area contributed by atoms with Crippen LogP contribution in [0.5, 0.6) is 0 Å². The van der Waals surface area contributed by atoms with E-state index in [1.807, 2.05) is 17.5 Å². The van der Waals surface area contributed by atoms with Crippen molar-refractivity contribution in [3.8, 4) is 0 Å². The number of hydrogen-bond donors (Lipinski definition) is 2. The van der Waals surface area contributed by atoms with Crippen LogP contribution >= 0.6 is 11.3 Å². The Morgan fingerprint density at radius 1 is 1.27 bits per heavy atom. The van der Waals surface area contributed by atoms with E-state index in [-0.39, 0.29) is 0 Å². The molecule has 74 valence electrons. The van der Waals surface area contributed by atoms with Crippen LogP contribution in [0, 0.1) is 0 Å². The van der Waals surface area contributed by atoms with Crippen molar-refractivity contribution in [2.45, 2.75) is 0 Å². The van der Waals surface area contributed by atoms with E-state index in [0.29, 0.717) is 5.82 Å². The van der Waals surface area contributed by atoms with Gasteiger partial charge >= 0.3 is 0 Å². The lowest BCUT2D eigenvalue weighted by Gasteiger charge is -1.96. The van der Waals surface area contributed by atoms with Crippen LogP contribution in [0.4, 0.5) is 10.9 Å². The first kappa shape index (κ1) is 8.37. The van der Waals surface area contributed by atoms with Crippen LogP contribution in [0.1, 0.15) is 0 Å². The number of pyridine rings is 1. The Labute approximate surface area is 89.2 Å². The van der Waals surface area contributed by atoms with Crippen molar-refractivity contribution >= 4 is 33.3 Å². The Kier molecular flexibility index (Phi) is 1.85. The van der Waals surface area contributed by atoms with Gasteiger partial charge in [-0.25, -0.2) is 4.98 Å². The number of fused-ring (bicyclic) bond motifs is 1. The topological polar surface area (TPSA) is 66.5 Å². The van der Waals surface area contributed by atoms with E-state index in [9.17, 15) is 0 Å². The van der Waals surface area contributed by atoms with E-state index in [0.717, 1.165) is 16.2 Å². The highest BCUT2D eigenvalue weighted by atomic mass is 32.1. The maximum absolute atomic E-state index is 4.24. The van der Waals surface area contributed by atoms with Gasteiger partial charge in [-0.3, -0.25) is 10.1 Å². The van der Waals surface area contributed by atoms with Gasteiger partial charge in [-0.2, -0.15) is 5.10 Å². The molecule has 0 aromatic carbocycles. The summed E-state index contributed by atoms with van der Waals surface area (Å²) in [4.78, 5) is 8.37. The summed E-state index contributed by atoms with van der Waals surface area (Å²) in [5.41, 5.74) is 1.74. The average Bonchev–Trinajstić information content (AvgIpc) is 2.89. The predicted octanol–water partition coefficient (Wildman–Crippen LogP) is 2.16. The zero-order chi connectivity index (χ0) is 10.1. The summed E-state index contributed by atoms with van der Waals surface area (Å²) in [5.74, 6) is 0.709. The lowest BCUT2D eigenvalue weighted by molar-refractivity contribution is 1.12. The minimum absolute atomic E-state index is 0.709. The van der Waals surface area contributed by atoms with Crippen LogP contribution in [0.2, 0.25) is 0 Å². The number of nitrogens with zero attached hydrogens (tertiary/aromatic N) is 3. The molecule has 0 aliphatic carbocycles. The minimum Gasteiger partial charge on any atom is -0.313 e. The smallest absolute Gasteiger partial charge is 0.188 e. The lowest BCUT2D eigenvalue weighted by Crippen LogP contribution is -1.90. The van der Waals surface area contributed by atoms with Gasteiger partial charge in [-0.05, 0) is 12.1 Å². The third-order valence-corrected chi connectivity index (χ3v) is 2.67. The second-order valence-electron chi connectivity index (χ2n) is 2.93. The monoisotopic (exact) mass is 217 g/mol. The first-order chi connectivity index (χ1) is 7.43. The van der Waals surface area contributed by atoms with Gasteiger partial charge < -0.3 is 5.32 Å². The zero-order valence-electron chi connectivity index (χ0n) is 7.64. The van der Waals surface area contributed by atoms with E-state index < -0.39 is 0 Å². The Balaban J connectivity index is 2.05. The van der Waals surface area contributed by atoms with Crippen molar-refractivity contribution in [2.75, 3.05) is 5.32 Å². The Morgan fingerprint density at radius 3 is 3.13 bits per heavy atom. The third-order valence-electron chi connectivity index (χ3n) is 1.98. The van der Waals surface area contributed by atoms with Gasteiger partial charge in [0, 0.05) is 17.8 Å². The van der Waals surface area contributed by atoms with Crippen LogP contribution in [0.3, 0.4) is 0 Å². The summed E-state index contributed by atoms with van der Waals surface area (Å²) in [5, 5.41) is 12.9. The van der Waals surface area contributed by atoms with Crippen LogP contribution in [-0.4, -0.2) is 20.2 Å². The van der Waals surface area contributed by atoms with Gasteiger partial charge in [0.15, 0.2) is 10.9 Å². The summed E-state index contributed by atoms with van der Waals surface area (Å²) in [7, 11) is 0. The van der Waals surface area contributed by atoms with Crippen molar-refractivity contribution < 1.29 is 0 Å². The Hall–Kier alpha value is -1.95. The molecule has 0 amide bonds. The van der Waals surface area contributed by atoms with E-state index in [2.05, 4.69) is 25.5 Å². The SMILES string of the molecule is c1cnc2c(Nc3nccs3)n[nH]c2c1. The van der Waals surface area contributed by atoms with Gasteiger partial charge in [0.1, 0.15) is 5.52 Å². The number of H-pyrrole nitrogens is 1. The molecule has 3 aromatic rings. The van der Waals surface area contributed by atoms with Crippen molar-refractivity contribution in [3.05, 3.63) is 29.9 Å². The van der Waals surface area contributed by atoms with Crippen molar-refractivity contribution in [2.24, 2.45) is 0 Å². The molecule has 2 N–H and O–H groups in total. The second kappa shape index (κ2) is 3.32. The summed E-state index contributed by atoms with van der Waals surface area (Å²) >= 11 is 1.53. The summed E-state index contributed by atoms with van der Waals surface area (Å²) in [6, 6.07) is 3.80. The molecule has 0 radical (unpaired) electrons. The molecule has 6 heteroatoms. The number of aromatic nitrogens is 4. The van der Waals surface area contributed by atoms with Gasteiger partial charge in [-0.1, -0.05) is 0 Å². The predicted molar refractivity (Wildman–Crippen MR) is 59.3 cm³/mol. The van der Waals surface area contributed by atoms with Crippen molar-refractivity contribution in [3.63, 3.8) is 0 Å². The fraction of sp³-hybridized carbons (Fsp3) is 0. The van der Waals surface area contributed by atoms with E-state index in [4.69, 9.17) is 0 Å². The minimum atomic E-state index is 0.709. The molecular weight excluding hydrogens is 210 g/mol. The molecule has 0 aliphatic heterocycles. The largest absolute Gasteiger partial charge is 0.313 e. The molecule has 0 bridgehead atoms. The molecule has 0 aliphatic rings. The van der Waals surface area contributed by atoms with Crippen molar-refractivity contribution in [1.29, 1.82) is 0 Å². The molecule has 3 heterocycles. The Bertz CT molecular complexity index is 571. The maximum atomic E-state index is 4.24. The summed E-state index contributed by atoms with van der Waals surface area (Å²) < 4.78 is 0. The average molecular weight is 217 g/mol. The number of anilines is 2. The molecule has 0 spiro atoms. The summed E-state index contributed by atoms with van der Waals surface area (Å²) in [6.07, 6.45) is 3.49. The first-order valence-electron chi connectivity index (χ1n) is 4.39.